The van der Waals surface area contributed by atoms with Crippen molar-refractivity contribution in [1.82, 2.24) is 0 Å². The van der Waals surface area contributed by atoms with Crippen molar-refractivity contribution in [3.05, 3.63) is 60.2 Å². The van der Waals surface area contributed by atoms with Gasteiger partial charge < -0.3 is 9.47 Å². The van der Waals surface area contributed by atoms with E-state index in [9.17, 15) is 4.79 Å². The molecule has 1 amide bonds. The van der Waals surface area contributed by atoms with Crippen molar-refractivity contribution >= 4 is 17.3 Å². The lowest BCUT2D eigenvalue weighted by Crippen LogP contribution is -2.41. The third-order valence-corrected chi connectivity index (χ3v) is 3.57. The van der Waals surface area contributed by atoms with E-state index in [0.717, 1.165) is 16.9 Å². The molecule has 0 aromatic heterocycles. The van der Waals surface area contributed by atoms with Crippen LogP contribution in [0.3, 0.4) is 0 Å². The largest absolute Gasteiger partial charge is 0.342 e. The van der Waals surface area contributed by atoms with Crippen molar-refractivity contribution in [3.8, 4) is 0 Å². The first-order valence-corrected chi connectivity index (χ1v) is 6.34. The van der Waals surface area contributed by atoms with Crippen molar-refractivity contribution in [2.75, 3.05) is 19.1 Å². The van der Waals surface area contributed by atoms with Crippen LogP contribution < -0.4 is 4.90 Å². The molecular formula is C16H15NO3. The lowest BCUT2D eigenvalue weighted by atomic mass is 10.1. The Morgan fingerprint density at radius 2 is 1.50 bits per heavy atom. The third-order valence-electron chi connectivity index (χ3n) is 3.57. The zero-order chi connectivity index (χ0) is 14.2. The normalized spacial score (nSPS) is 16.3. The molecule has 102 valence electrons. The van der Waals surface area contributed by atoms with Crippen LogP contribution in [0.4, 0.5) is 11.4 Å². The zero-order valence-electron chi connectivity index (χ0n) is 11.4. The molecule has 0 N–H and O–H groups in total. The lowest BCUT2D eigenvalue weighted by Gasteiger charge is -2.25. The first-order valence-electron chi connectivity index (χ1n) is 6.34. The molecule has 0 bridgehead atoms. The molecule has 3 rings (SSSR count). The van der Waals surface area contributed by atoms with Gasteiger partial charge in [-0.1, -0.05) is 36.4 Å². The molecule has 0 unspecified atom stereocenters. The van der Waals surface area contributed by atoms with E-state index >= 15 is 0 Å². The summed E-state index contributed by atoms with van der Waals surface area (Å²) in [5.41, 5.74) is 2.30. The van der Waals surface area contributed by atoms with Crippen LogP contribution in [0, 0.1) is 0 Å². The van der Waals surface area contributed by atoms with Crippen LogP contribution in [0.2, 0.25) is 0 Å². The maximum Gasteiger partial charge on any atom is 0.297 e. The van der Waals surface area contributed by atoms with Gasteiger partial charge in [-0.2, -0.15) is 0 Å². The van der Waals surface area contributed by atoms with Gasteiger partial charge in [0.2, 0.25) is 0 Å². The van der Waals surface area contributed by atoms with E-state index < -0.39 is 5.79 Å². The van der Waals surface area contributed by atoms with Gasteiger partial charge in [0.05, 0.1) is 5.69 Å². The SMILES string of the molecule is COC1(OC)C(=O)N(c2ccccc2)c2ccccc21. The summed E-state index contributed by atoms with van der Waals surface area (Å²) in [5, 5.41) is 0. The number of hydrogen-bond donors (Lipinski definition) is 0. The van der Waals surface area contributed by atoms with Crippen LogP contribution >= 0.6 is 0 Å². The van der Waals surface area contributed by atoms with Crippen LogP contribution in [0.5, 0.6) is 0 Å². The van der Waals surface area contributed by atoms with Crippen LogP contribution in [0.25, 0.3) is 0 Å². The fraction of sp³-hybridized carbons (Fsp3) is 0.188. The molecule has 20 heavy (non-hydrogen) atoms. The van der Waals surface area contributed by atoms with Crippen LogP contribution in [0.1, 0.15) is 5.56 Å². The molecule has 1 aliphatic heterocycles. The maximum atomic E-state index is 12.8. The summed E-state index contributed by atoms with van der Waals surface area (Å²) in [5.74, 6) is -1.61. The van der Waals surface area contributed by atoms with E-state index in [-0.39, 0.29) is 5.91 Å². The van der Waals surface area contributed by atoms with Crippen LogP contribution in [-0.2, 0) is 20.1 Å². The van der Waals surface area contributed by atoms with Gasteiger partial charge in [0.1, 0.15) is 0 Å². The van der Waals surface area contributed by atoms with Gasteiger partial charge in [-0.15, -0.1) is 0 Å². The van der Waals surface area contributed by atoms with E-state index in [0.29, 0.717) is 0 Å². The highest BCUT2D eigenvalue weighted by molar-refractivity contribution is 6.11. The second-order valence-electron chi connectivity index (χ2n) is 4.52. The molecule has 0 aliphatic carbocycles. The number of ether oxygens (including phenoxy) is 2. The van der Waals surface area contributed by atoms with Gasteiger partial charge in [0, 0.05) is 25.5 Å². The highest BCUT2D eigenvalue weighted by Gasteiger charge is 2.52. The second kappa shape index (κ2) is 4.74. The molecule has 0 spiro atoms. The first kappa shape index (κ1) is 12.8. The standard InChI is InChI=1S/C16H15NO3/c1-19-16(20-2)13-10-6-7-11-14(13)17(15(16)18)12-8-4-3-5-9-12/h3-11H,1-2H3. The quantitative estimate of drug-likeness (QED) is 0.804. The Bertz CT molecular complexity index is 635. The van der Waals surface area contributed by atoms with E-state index in [4.69, 9.17) is 9.47 Å². The number of para-hydroxylation sites is 2. The number of methoxy groups -OCH3 is 2. The van der Waals surface area contributed by atoms with E-state index in [1.807, 2.05) is 54.6 Å². The second-order valence-corrected chi connectivity index (χ2v) is 4.52. The maximum absolute atomic E-state index is 12.8. The topological polar surface area (TPSA) is 38.8 Å². The van der Waals surface area contributed by atoms with Gasteiger partial charge in [0.25, 0.3) is 11.7 Å². The number of benzene rings is 2. The molecule has 0 saturated heterocycles. The number of hydrogen-bond acceptors (Lipinski definition) is 3. The molecule has 4 heteroatoms. The van der Waals surface area contributed by atoms with Crippen molar-refractivity contribution in [2.24, 2.45) is 0 Å². The summed E-state index contributed by atoms with van der Waals surface area (Å²) in [6.45, 7) is 0. The zero-order valence-corrected chi connectivity index (χ0v) is 11.4. The Labute approximate surface area is 117 Å². The average Bonchev–Trinajstić information content (AvgIpc) is 2.76. The van der Waals surface area contributed by atoms with Gasteiger partial charge in [0.15, 0.2) is 0 Å². The Kier molecular flexibility index (Phi) is 3.04. The molecule has 0 atom stereocenters. The van der Waals surface area contributed by atoms with Gasteiger partial charge >= 0.3 is 0 Å². The van der Waals surface area contributed by atoms with Crippen LogP contribution in [-0.4, -0.2) is 20.1 Å². The van der Waals surface area contributed by atoms with Gasteiger partial charge in [-0.3, -0.25) is 9.69 Å². The third kappa shape index (κ3) is 1.59. The summed E-state index contributed by atoms with van der Waals surface area (Å²) in [4.78, 5) is 14.5. The number of fused-ring (bicyclic) bond motifs is 1. The minimum Gasteiger partial charge on any atom is -0.342 e. The molecule has 0 fully saturated rings. The number of rotatable bonds is 3. The molecule has 0 saturated carbocycles. The van der Waals surface area contributed by atoms with E-state index in [1.54, 1.807) is 4.90 Å². The predicted molar refractivity (Wildman–Crippen MR) is 75.7 cm³/mol. The van der Waals surface area contributed by atoms with Gasteiger partial charge in [-0.25, -0.2) is 0 Å². The number of anilines is 2. The molecule has 0 radical (unpaired) electrons. The van der Waals surface area contributed by atoms with Crippen molar-refractivity contribution in [3.63, 3.8) is 0 Å². The Hall–Kier alpha value is -2.17. The number of amides is 1. The monoisotopic (exact) mass is 269 g/mol. The smallest absolute Gasteiger partial charge is 0.297 e. The Morgan fingerprint density at radius 3 is 2.15 bits per heavy atom. The van der Waals surface area contributed by atoms with Gasteiger partial charge in [-0.05, 0) is 18.2 Å². The first-order chi connectivity index (χ1) is 9.74. The minimum absolute atomic E-state index is 0.241. The number of nitrogens with zero attached hydrogens (tertiary/aromatic N) is 1. The van der Waals surface area contributed by atoms with Crippen molar-refractivity contribution < 1.29 is 14.3 Å². The molecular weight excluding hydrogens is 254 g/mol. The van der Waals surface area contributed by atoms with Crippen molar-refractivity contribution in [2.45, 2.75) is 5.79 Å². The van der Waals surface area contributed by atoms with Crippen molar-refractivity contribution in [1.29, 1.82) is 0 Å². The lowest BCUT2D eigenvalue weighted by molar-refractivity contribution is -0.208. The van der Waals surface area contributed by atoms with E-state index in [2.05, 4.69) is 0 Å². The van der Waals surface area contributed by atoms with Crippen LogP contribution in [0.15, 0.2) is 54.6 Å². The average molecular weight is 269 g/mol. The fourth-order valence-electron chi connectivity index (χ4n) is 2.63. The summed E-state index contributed by atoms with van der Waals surface area (Å²) in [7, 11) is 2.96. The molecule has 1 heterocycles. The predicted octanol–water partition coefficient (Wildman–Crippen LogP) is 2.81. The molecule has 1 aliphatic rings. The Balaban J connectivity index is 2.22. The summed E-state index contributed by atoms with van der Waals surface area (Å²) in [6, 6.07) is 17.0. The minimum atomic E-state index is -1.37. The Morgan fingerprint density at radius 1 is 0.900 bits per heavy atom. The summed E-state index contributed by atoms with van der Waals surface area (Å²) < 4.78 is 10.8. The highest BCUT2D eigenvalue weighted by atomic mass is 16.7. The fourth-order valence-corrected chi connectivity index (χ4v) is 2.63. The summed E-state index contributed by atoms with van der Waals surface area (Å²) in [6.07, 6.45) is 0. The molecule has 2 aromatic carbocycles. The van der Waals surface area contributed by atoms with E-state index in [1.165, 1.54) is 14.2 Å². The summed E-state index contributed by atoms with van der Waals surface area (Å²) >= 11 is 0. The highest BCUT2D eigenvalue weighted by Crippen LogP contribution is 2.46. The number of carbonyl (C=O) groups excluding carboxylic acids is 1. The molecule has 2 aromatic rings. The number of carbonyl (C=O) groups is 1. The molecule has 4 nitrogen and oxygen atoms in total.